The van der Waals surface area contributed by atoms with Crippen molar-refractivity contribution in [3.63, 3.8) is 0 Å². The summed E-state index contributed by atoms with van der Waals surface area (Å²) in [7, 11) is 0. The predicted octanol–water partition coefficient (Wildman–Crippen LogP) is 3.41. The molecule has 102 valence electrons. The fraction of sp³-hybridized carbons (Fsp3) is 0.500. The molecule has 3 nitrogen and oxygen atoms in total. The average molecular weight is 344 g/mol. The van der Waals surface area contributed by atoms with E-state index < -0.39 is 0 Å². The number of fused-ring (bicyclic) bond motifs is 2. The number of rotatable bonds is 2. The number of halogens is 2. The Morgan fingerprint density at radius 3 is 2.79 bits per heavy atom. The smallest absolute Gasteiger partial charge is 0.229 e. The van der Waals surface area contributed by atoms with Crippen molar-refractivity contribution in [2.75, 3.05) is 5.32 Å². The van der Waals surface area contributed by atoms with Crippen molar-refractivity contribution in [1.29, 1.82) is 0 Å². The lowest BCUT2D eigenvalue weighted by molar-refractivity contribution is -0.121. The summed E-state index contributed by atoms with van der Waals surface area (Å²) in [6.45, 7) is 0. The molecule has 4 atom stereocenters. The first-order valence-electron chi connectivity index (χ1n) is 6.58. The highest BCUT2D eigenvalue weighted by Crippen LogP contribution is 2.48. The summed E-state index contributed by atoms with van der Waals surface area (Å²) in [5.74, 6) is 0.966. The van der Waals surface area contributed by atoms with Gasteiger partial charge in [-0.15, -0.1) is 0 Å². The van der Waals surface area contributed by atoms with Crippen LogP contribution in [0.15, 0.2) is 22.7 Å². The number of hydrogen-bond acceptors (Lipinski definition) is 2. The van der Waals surface area contributed by atoms with E-state index in [0.29, 0.717) is 22.5 Å². The molecule has 2 aliphatic rings. The van der Waals surface area contributed by atoms with Crippen LogP contribution in [0, 0.1) is 17.8 Å². The van der Waals surface area contributed by atoms with Crippen molar-refractivity contribution < 1.29 is 4.79 Å². The van der Waals surface area contributed by atoms with Gasteiger partial charge in [0.2, 0.25) is 5.91 Å². The van der Waals surface area contributed by atoms with Gasteiger partial charge in [-0.2, -0.15) is 0 Å². The van der Waals surface area contributed by atoms with Crippen molar-refractivity contribution >= 4 is 39.1 Å². The molecule has 5 heteroatoms. The van der Waals surface area contributed by atoms with E-state index in [1.807, 2.05) is 6.07 Å². The number of benzene rings is 1. The number of amides is 1. The van der Waals surface area contributed by atoms with Crippen LogP contribution in [0.4, 0.5) is 5.69 Å². The lowest BCUT2D eigenvalue weighted by atomic mass is 9.84. The number of carbonyl (C=O) groups is 1. The van der Waals surface area contributed by atoms with E-state index in [9.17, 15) is 4.79 Å². The maximum Gasteiger partial charge on any atom is 0.229 e. The van der Waals surface area contributed by atoms with Crippen LogP contribution in [0.2, 0.25) is 5.02 Å². The Balaban J connectivity index is 1.77. The Hall–Kier alpha value is -0.580. The molecular weight excluding hydrogens is 328 g/mol. The maximum absolute atomic E-state index is 12.4. The highest BCUT2D eigenvalue weighted by atomic mass is 79.9. The largest absolute Gasteiger partial charge is 0.327 e. The van der Waals surface area contributed by atoms with Gasteiger partial charge in [0.15, 0.2) is 0 Å². The summed E-state index contributed by atoms with van der Waals surface area (Å²) in [6.07, 6.45) is 3.42. The van der Waals surface area contributed by atoms with Gasteiger partial charge < -0.3 is 11.1 Å². The molecule has 1 amide bonds. The summed E-state index contributed by atoms with van der Waals surface area (Å²) in [5.41, 5.74) is 6.90. The second-order valence-corrected chi connectivity index (χ2v) is 6.84. The van der Waals surface area contributed by atoms with E-state index in [1.165, 1.54) is 6.42 Å². The molecule has 2 fully saturated rings. The second kappa shape index (κ2) is 5.08. The van der Waals surface area contributed by atoms with Crippen molar-refractivity contribution in [2.24, 2.45) is 23.5 Å². The van der Waals surface area contributed by atoms with Gasteiger partial charge in [0.25, 0.3) is 0 Å². The monoisotopic (exact) mass is 342 g/mol. The molecule has 2 bridgehead atoms. The van der Waals surface area contributed by atoms with E-state index in [1.54, 1.807) is 12.1 Å². The molecular formula is C14H16BrClN2O. The topological polar surface area (TPSA) is 55.1 Å². The number of nitrogens with one attached hydrogen (secondary N) is 1. The Bertz CT molecular complexity index is 520. The maximum atomic E-state index is 12.4. The fourth-order valence-corrected chi connectivity index (χ4v) is 4.05. The minimum atomic E-state index is -0.0513. The Labute approximate surface area is 126 Å². The molecule has 4 unspecified atom stereocenters. The zero-order valence-corrected chi connectivity index (χ0v) is 12.7. The minimum absolute atomic E-state index is 0.0108. The van der Waals surface area contributed by atoms with Gasteiger partial charge in [-0.05, 0) is 65.2 Å². The van der Waals surface area contributed by atoms with Crippen LogP contribution in [-0.2, 0) is 4.79 Å². The van der Waals surface area contributed by atoms with Crippen LogP contribution < -0.4 is 11.1 Å². The third kappa shape index (κ3) is 2.41. The molecule has 0 spiro atoms. The summed E-state index contributed by atoms with van der Waals surface area (Å²) < 4.78 is 0.835. The molecule has 19 heavy (non-hydrogen) atoms. The summed E-state index contributed by atoms with van der Waals surface area (Å²) in [4.78, 5) is 12.4. The first-order valence-corrected chi connectivity index (χ1v) is 7.75. The fourth-order valence-electron chi connectivity index (χ4n) is 3.53. The van der Waals surface area contributed by atoms with Crippen LogP contribution in [0.25, 0.3) is 0 Å². The molecule has 3 N–H and O–H groups in total. The van der Waals surface area contributed by atoms with Gasteiger partial charge in [0, 0.05) is 15.5 Å². The zero-order valence-electron chi connectivity index (χ0n) is 10.4. The van der Waals surface area contributed by atoms with Crippen LogP contribution in [-0.4, -0.2) is 11.9 Å². The normalized spacial score (nSPS) is 32.6. The zero-order chi connectivity index (χ0) is 13.6. The number of hydrogen-bond donors (Lipinski definition) is 2. The van der Waals surface area contributed by atoms with E-state index in [-0.39, 0.29) is 17.9 Å². The van der Waals surface area contributed by atoms with Crippen LogP contribution in [0.5, 0.6) is 0 Å². The molecule has 2 saturated carbocycles. The van der Waals surface area contributed by atoms with Crippen molar-refractivity contribution in [2.45, 2.75) is 25.3 Å². The van der Waals surface area contributed by atoms with E-state index in [0.717, 1.165) is 17.3 Å². The molecule has 0 aromatic heterocycles. The van der Waals surface area contributed by atoms with E-state index >= 15 is 0 Å². The van der Waals surface area contributed by atoms with Crippen LogP contribution in [0.1, 0.15) is 19.3 Å². The highest BCUT2D eigenvalue weighted by Gasteiger charge is 2.49. The standard InChI is InChI=1S/C14H16BrClN2O/c15-10-4-3-9(16)6-11(10)18-14(19)12-7-1-2-8(5-7)13(12)17/h3-4,6-8,12-13H,1-2,5,17H2,(H,18,19). The number of nitrogens with two attached hydrogens (primary N) is 1. The van der Waals surface area contributed by atoms with Crippen molar-refractivity contribution in [1.82, 2.24) is 0 Å². The lowest BCUT2D eigenvalue weighted by Crippen LogP contribution is -2.42. The molecule has 0 saturated heterocycles. The van der Waals surface area contributed by atoms with Gasteiger partial charge in [0.1, 0.15) is 0 Å². The Kier molecular flexibility index (Phi) is 3.58. The van der Waals surface area contributed by atoms with Gasteiger partial charge in [-0.1, -0.05) is 11.6 Å². The molecule has 1 aromatic rings. The average Bonchev–Trinajstić information content (AvgIpc) is 2.94. The lowest BCUT2D eigenvalue weighted by Gasteiger charge is -2.27. The summed E-state index contributed by atoms with van der Waals surface area (Å²) in [5, 5.41) is 3.57. The Morgan fingerprint density at radius 1 is 1.37 bits per heavy atom. The summed E-state index contributed by atoms with van der Waals surface area (Å²) >= 11 is 9.37. The Morgan fingerprint density at radius 2 is 2.11 bits per heavy atom. The van der Waals surface area contributed by atoms with E-state index in [2.05, 4.69) is 21.2 Å². The molecule has 0 aliphatic heterocycles. The first kappa shape index (κ1) is 13.4. The summed E-state index contributed by atoms with van der Waals surface area (Å²) in [6, 6.07) is 5.38. The molecule has 0 radical (unpaired) electrons. The van der Waals surface area contributed by atoms with Crippen LogP contribution in [0.3, 0.4) is 0 Å². The van der Waals surface area contributed by atoms with Crippen molar-refractivity contribution in [3.8, 4) is 0 Å². The third-order valence-corrected chi connectivity index (χ3v) is 5.40. The van der Waals surface area contributed by atoms with Gasteiger partial charge in [-0.3, -0.25) is 4.79 Å². The third-order valence-electron chi connectivity index (χ3n) is 4.47. The predicted molar refractivity (Wildman–Crippen MR) is 80.1 cm³/mol. The SMILES string of the molecule is NC1C2CCC(C2)C1C(=O)Nc1cc(Cl)ccc1Br. The minimum Gasteiger partial charge on any atom is -0.327 e. The number of carbonyl (C=O) groups excluding carboxylic acids is 1. The van der Waals surface area contributed by atoms with E-state index in [4.69, 9.17) is 17.3 Å². The molecule has 3 rings (SSSR count). The van der Waals surface area contributed by atoms with Gasteiger partial charge in [0.05, 0.1) is 11.6 Å². The van der Waals surface area contributed by atoms with Gasteiger partial charge >= 0.3 is 0 Å². The molecule has 0 heterocycles. The molecule has 2 aliphatic carbocycles. The quantitative estimate of drug-likeness (QED) is 0.864. The number of anilines is 1. The van der Waals surface area contributed by atoms with Crippen LogP contribution >= 0.6 is 27.5 Å². The highest BCUT2D eigenvalue weighted by molar-refractivity contribution is 9.10. The first-order chi connectivity index (χ1) is 9.06. The molecule has 1 aromatic carbocycles. The van der Waals surface area contributed by atoms with Crippen molar-refractivity contribution in [3.05, 3.63) is 27.7 Å². The van der Waals surface area contributed by atoms with Gasteiger partial charge in [-0.25, -0.2) is 0 Å². The second-order valence-electron chi connectivity index (χ2n) is 5.55.